The molecule has 4 N–H and O–H groups in total. The summed E-state index contributed by atoms with van der Waals surface area (Å²) in [5.41, 5.74) is 4.20. The van der Waals surface area contributed by atoms with Crippen molar-refractivity contribution in [3.8, 4) is 0 Å². The van der Waals surface area contributed by atoms with Crippen LogP contribution in [-0.2, 0) is 13.0 Å². The molecule has 37 heavy (non-hydrogen) atoms. The van der Waals surface area contributed by atoms with Gasteiger partial charge in [-0.15, -0.1) is 0 Å². The molecular formula is C31H36N4O2. The SMILES string of the molecule is O=C(NC1CC(Cc2ccccc2)CCN1CC(O)CNCc1ccccc1)c1ccc2[nH]ccc2c1. The number of hydrogen-bond donors (Lipinski definition) is 4. The van der Waals surface area contributed by atoms with Crippen molar-refractivity contribution in [1.29, 1.82) is 0 Å². The van der Waals surface area contributed by atoms with Gasteiger partial charge in [0, 0.05) is 48.8 Å². The Labute approximate surface area is 218 Å². The number of aliphatic hydroxyl groups is 1. The van der Waals surface area contributed by atoms with Crippen molar-refractivity contribution < 1.29 is 9.90 Å². The van der Waals surface area contributed by atoms with Crippen LogP contribution in [-0.4, -0.2) is 52.8 Å². The molecule has 0 spiro atoms. The fraction of sp³-hybridized carbons (Fsp3) is 0.323. The molecule has 3 atom stereocenters. The molecule has 1 saturated heterocycles. The largest absolute Gasteiger partial charge is 0.390 e. The predicted octanol–water partition coefficient (Wildman–Crippen LogP) is 4.33. The normalized spacial score (nSPS) is 19.1. The van der Waals surface area contributed by atoms with Gasteiger partial charge in [0.25, 0.3) is 5.91 Å². The minimum atomic E-state index is -0.523. The second-order valence-corrected chi connectivity index (χ2v) is 10.1. The van der Waals surface area contributed by atoms with E-state index in [1.807, 2.05) is 54.7 Å². The summed E-state index contributed by atoms with van der Waals surface area (Å²) in [4.78, 5) is 18.7. The number of nitrogens with one attached hydrogen (secondary N) is 3. The van der Waals surface area contributed by atoms with Crippen molar-refractivity contribution in [3.63, 3.8) is 0 Å². The maximum Gasteiger partial charge on any atom is 0.252 e. The average Bonchev–Trinajstić information content (AvgIpc) is 3.39. The maximum atomic E-state index is 13.3. The quantitative estimate of drug-likeness (QED) is 0.264. The van der Waals surface area contributed by atoms with Gasteiger partial charge in [-0.05, 0) is 60.6 Å². The van der Waals surface area contributed by atoms with Gasteiger partial charge in [0.1, 0.15) is 0 Å². The van der Waals surface area contributed by atoms with Crippen molar-refractivity contribution >= 4 is 16.8 Å². The Morgan fingerprint density at radius 1 is 1.00 bits per heavy atom. The number of fused-ring (bicyclic) bond motifs is 1. The number of H-pyrrole nitrogens is 1. The summed E-state index contributed by atoms with van der Waals surface area (Å²) in [6, 6.07) is 28.5. The lowest BCUT2D eigenvalue weighted by Gasteiger charge is -2.40. The van der Waals surface area contributed by atoms with Gasteiger partial charge in [0.2, 0.25) is 0 Å². The molecule has 4 aromatic rings. The second kappa shape index (κ2) is 12.2. The number of β-amino-alcohol motifs (C(OH)–C–C–N with tert-alkyl or cyclic N) is 1. The summed E-state index contributed by atoms with van der Waals surface area (Å²) in [7, 11) is 0. The smallest absolute Gasteiger partial charge is 0.252 e. The molecule has 3 aromatic carbocycles. The Balaban J connectivity index is 1.23. The van der Waals surface area contributed by atoms with Crippen molar-refractivity contribution in [2.24, 2.45) is 5.92 Å². The number of rotatable bonds is 10. The first kappa shape index (κ1) is 25.2. The molecule has 2 heterocycles. The summed E-state index contributed by atoms with van der Waals surface area (Å²) in [6.45, 7) is 2.58. The number of hydrogen-bond acceptors (Lipinski definition) is 4. The topological polar surface area (TPSA) is 80.4 Å². The summed E-state index contributed by atoms with van der Waals surface area (Å²) in [5, 5.41) is 18.5. The maximum absolute atomic E-state index is 13.3. The van der Waals surface area contributed by atoms with Gasteiger partial charge < -0.3 is 20.7 Å². The molecule has 0 aliphatic carbocycles. The number of benzene rings is 3. The van der Waals surface area contributed by atoms with Crippen LogP contribution in [0.3, 0.4) is 0 Å². The van der Waals surface area contributed by atoms with E-state index in [0.29, 0.717) is 24.6 Å². The first-order valence-electron chi connectivity index (χ1n) is 13.2. The molecule has 0 bridgehead atoms. The Morgan fingerprint density at radius 3 is 2.54 bits per heavy atom. The van der Waals surface area contributed by atoms with E-state index in [1.54, 1.807) is 0 Å². The van der Waals surface area contributed by atoms with Crippen LogP contribution < -0.4 is 10.6 Å². The molecule has 6 nitrogen and oxygen atoms in total. The summed E-state index contributed by atoms with van der Waals surface area (Å²) >= 11 is 0. The molecule has 1 aliphatic rings. The molecule has 1 fully saturated rings. The number of aliphatic hydroxyl groups excluding tert-OH is 1. The van der Waals surface area contributed by atoms with Crippen LogP contribution in [0.1, 0.15) is 34.3 Å². The van der Waals surface area contributed by atoms with Crippen LogP contribution in [0.2, 0.25) is 0 Å². The second-order valence-electron chi connectivity index (χ2n) is 10.1. The van der Waals surface area contributed by atoms with Gasteiger partial charge in [0.15, 0.2) is 0 Å². The van der Waals surface area contributed by atoms with Crippen LogP contribution in [0.4, 0.5) is 0 Å². The number of carbonyl (C=O) groups excluding carboxylic acids is 1. The highest BCUT2D eigenvalue weighted by atomic mass is 16.3. The number of aromatic amines is 1. The van der Waals surface area contributed by atoms with Gasteiger partial charge in [-0.2, -0.15) is 0 Å². The van der Waals surface area contributed by atoms with E-state index in [9.17, 15) is 9.90 Å². The van der Waals surface area contributed by atoms with E-state index in [4.69, 9.17) is 0 Å². The summed E-state index contributed by atoms with van der Waals surface area (Å²) in [5.74, 6) is 0.402. The monoisotopic (exact) mass is 496 g/mol. The van der Waals surface area contributed by atoms with Gasteiger partial charge in [-0.3, -0.25) is 9.69 Å². The molecule has 0 radical (unpaired) electrons. The number of aromatic nitrogens is 1. The molecule has 3 unspecified atom stereocenters. The van der Waals surface area contributed by atoms with E-state index in [2.05, 4.69) is 56.9 Å². The van der Waals surface area contributed by atoms with E-state index in [1.165, 1.54) is 11.1 Å². The number of likely N-dealkylation sites (tertiary alicyclic amines) is 1. The fourth-order valence-electron chi connectivity index (χ4n) is 5.33. The Hall–Kier alpha value is -3.45. The van der Waals surface area contributed by atoms with Gasteiger partial charge in [-0.1, -0.05) is 60.7 Å². The third-order valence-electron chi connectivity index (χ3n) is 7.30. The lowest BCUT2D eigenvalue weighted by Crippen LogP contribution is -2.55. The van der Waals surface area contributed by atoms with E-state index in [-0.39, 0.29) is 12.1 Å². The van der Waals surface area contributed by atoms with Crippen LogP contribution in [0.15, 0.2) is 91.1 Å². The molecule has 6 heteroatoms. The van der Waals surface area contributed by atoms with Crippen LogP contribution >= 0.6 is 0 Å². The minimum Gasteiger partial charge on any atom is -0.390 e. The molecule has 1 aliphatic heterocycles. The number of amides is 1. The molecule has 5 rings (SSSR count). The number of nitrogens with zero attached hydrogens (tertiary/aromatic N) is 1. The summed E-state index contributed by atoms with van der Waals surface area (Å²) in [6.07, 6.45) is 4.14. The molecule has 1 aromatic heterocycles. The lowest BCUT2D eigenvalue weighted by atomic mass is 9.88. The molecule has 192 valence electrons. The van der Waals surface area contributed by atoms with E-state index < -0.39 is 6.10 Å². The van der Waals surface area contributed by atoms with E-state index in [0.717, 1.165) is 43.3 Å². The first-order chi connectivity index (χ1) is 18.1. The number of carbonyl (C=O) groups is 1. The first-order valence-corrected chi connectivity index (χ1v) is 13.2. The lowest BCUT2D eigenvalue weighted by molar-refractivity contribution is 0.0347. The van der Waals surface area contributed by atoms with Crippen molar-refractivity contribution in [2.45, 2.75) is 38.1 Å². The Morgan fingerprint density at radius 2 is 1.76 bits per heavy atom. The zero-order chi connectivity index (χ0) is 25.5. The van der Waals surface area contributed by atoms with Gasteiger partial charge in [-0.25, -0.2) is 0 Å². The highest BCUT2D eigenvalue weighted by Crippen LogP contribution is 2.26. The van der Waals surface area contributed by atoms with Crippen LogP contribution in [0.5, 0.6) is 0 Å². The average molecular weight is 497 g/mol. The number of piperidine rings is 1. The van der Waals surface area contributed by atoms with Crippen molar-refractivity contribution in [2.75, 3.05) is 19.6 Å². The third-order valence-corrected chi connectivity index (χ3v) is 7.30. The highest BCUT2D eigenvalue weighted by molar-refractivity contribution is 5.98. The molecule has 0 saturated carbocycles. The third kappa shape index (κ3) is 6.86. The van der Waals surface area contributed by atoms with Gasteiger partial charge >= 0.3 is 0 Å². The molecular weight excluding hydrogens is 460 g/mol. The minimum absolute atomic E-state index is 0.0739. The standard InChI is InChI=1S/C31H36N4O2/c36-28(21-32-20-24-9-5-2-6-10-24)22-35-16-14-25(17-23-7-3-1-4-8-23)18-30(35)34-31(37)27-11-12-29-26(19-27)13-15-33-29/h1-13,15,19,25,28,30,32-33,36H,14,16-18,20-22H2,(H,34,37). The fourth-order valence-corrected chi connectivity index (χ4v) is 5.33. The highest BCUT2D eigenvalue weighted by Gasteiger charge is 2.31. The zero-order valence-corrected chi connectivity index (χ0v) is 21.1. The van der Waals surface area contributed by atoms with E-state index >= 15 is 0 Å². The zero-order valence-electron chi connectivity index (χ0n) is 21.1. The predicted molar refractivity (Wildman–Crippen MR) is 148 cm³/mol. The van der Waals surface area contributed by atoms with Crippen LogP contribution in [0.25, 0.3) is 10.9 Å². The summed E-state index contributed by atoms with van der Waals surface area (Å²) < 4.78 is 0. The van der Waals surface area contributed by atoms with Gasteiger partial charge in [0.05, 0.1) is 12.3 Å². The van der Waals surface area contributed by atoms with Crippen LogP contribution in [0, 0.1) is 5.92 Å². The van der Waals surface area contributed by atoms with Crippen molar-refractivity contribution in [1.82, 2.24) is 20.5 Å². The molecule has 1 amide bonds. The van der Waals surface area contributed by atoms with Crippen molar-refractivity contribution in [3.05, 3.63) is 108 Å². The Bertz CT molecular complexity index is 1270. The Kier molecular flexibility index (Phi) is 8.31.